The van der Waals surface area contributed by atoms with Gasteiger partial charge >= 0.3 is 0 Å². The van der Waals surface area contributed by atoms with Gasteiger partial charge in [0.15, 0.2) is 0 Å². The Balaban J connectivity index is 1.60. The number of fused-ring (bicyclic) bond motifs is 1. The summed E-state index contributed by atoms with van der Waals surface area (Å²) in [5.74, 6) is 0.969. The Labute approximate surface area is 127 Å². The Kier molecular flexibility index (Phi) is 3.10. The molecule has 0 unspecified atom stereocenters. The summed E-state index contributed by atoms with van der Waals surface area (Å²) in [5.41, 5.74) is 2.28. The standard InChI is InChI=1S/C16H18N2O2S/c1-10-8-12(17-20-10)13-5-3-7-18(13)16(19)15-9-11-4-2-6-14(11)21-15/h8-9,13H,2-7H2,1H3/t13-/m1/s1. The molecule has 0 saturated carbocycles. The number of amides is 1. The highest BCUT2D eigenvalue weighted by molar-refractivity contribution is 7.14. The van der Waals surface area contributed by atoms with E-state index in [1.54, 1.807) is 11.3 Å². The first kappa shape index (κ1) is 13.1. The summed E-state index contributed by atoms with van der Waals surface area (Å²) in [6.07, 6.45) is 5.51. The number of rotatable bonds is 2. The predicted molar refractivity (Wildman–Crippen MR) is 80.6 cm³/mol. The van der Waals surface area contributed by atoms with Gasteiger partial charge in [-0.15, -0.1) is 11.3 Å². The van der Waals surface area contributed by atoms with Gasteiger partial charge in [-0.3, -0.25) is 4.79 Å². The van der Waals surface area contributed by atoms with E-state index in [2.05, 4.69) is 11.2 Å². The SMILES string of the molecule is Cc1cc([C@H]2CCCN2C(=O)c2cc3c(s2)CCC3)no1. The van der Waals surface area contributed by atoms with Gasteiger partial charge in [-0.2, -0.15) is 0 Å². The van der Waals surface area contributed by atoms with Crippen molar-refractivity contribution < 1.29 is 9.32 Å². The molecule has 2 aromatic rings. The van der Waals surface area contributed by atoms with Crippen LogP contribution in [0.1, 0.15) is 56.9 Å². The van der Waals surface area contributed by atoms with Crippen LogP contribution in [0.3, 0.4) is 0 Å². The van der Waals surface area contributed by atoms with Gasteiger partial charge in [0.1, 0.15) is 11.5 Å². The van der Waals surface area contributed by atoms with Crippen LogP contribution in [0.5, 0.6) is 0 Å². The predicted octanol–water partition coefficient (Wildman–Crippen LogP) is 3.51. The van der Waals surface area contributed by atoms with E-state index >= 15 is 0 Å². The molecule has 2 aromatic heterocycles. The number of likely N-dealkylation sites (tertiary alicyclic amines) is 1. The van der Waals surface area contributed by atoms with Crippen LogP contribution >= 0.6 is 11.3 Å². The second-order valence-electron chi connectivity index (χ2n) is 5.93. The number of hydrogen-bond donors (Lipinski definition) is 0. The molecule has 0 aromatic carbocycles. The van der Waals surface area contributed by atoms with Gasteiger partial charge < -0.3 is 9.42 Å². The first-order valence-corrected chi connectivity index (χ1v) is 8.40. The van der Waals surface area contributed by atoms with E-state index in [-0.39, 0.29) is 11.9 Å². The summed E-state index contributed by atoms with van der Waals surface area (Å²) in [7, 11) is 0. The molecule has 1 fully saturated rings. The summed E-state index contributed by atoms with van der Waals surface area (Å²) in [5, 5.41) is 4.11. The highest BCUT2D eigenvalue weighted by Crippen LogP contribution is 2.36. The lowest BCUT2D eigenvalue weighted by molar-refractivity contribution is 0.0735. The number of hydrogen-bond acceptors (Lipinski definition) is 4. The average molecular weight is 302 g/mol. The summed E-state index contributed by atoms with van der Waals surface area (Å²) in [6.45, 7) is 2.71. The van der Waals surface area contributed by atoms with Gasteiger partial charge in [0.05, 0.1) is 10.9 Å². The molecular formula is C16H18N2O2S. The van der Waals surface area contributed by atoms with E-state index in [1.165, 1.54) is 16.9 Å². The van der Waals surface area contributed by atoms with E-state index in [4.69, 9.17) is 4.52 Å². The maximum atomic E-state index is 12.8. The van der Waals surface area contributed by atoms with Gasteiger partial charge in [0, 0.05) is 17.5 Å². The van der Waals surface area contributed by atoms with Crippen molar-refractivity contribution in [3.05, 3.63) is 38.9 Å². The van der Waals surface area contributed by atoms with E-state index < -0.39 is 0 Å². The minimum absolute atomic E-state index is 0.0758. The van der Waals surface area contributed by atoms with Crippen molar-refractivity contribution in [2.24, 2.45) is 0 Å². The van der Waals surface area contributed by atoms with Crippen LogP contribution in [0.2, 0.25) is 0 Å². The van der Waals surface area contributed by atoms with Crippen LogP contribution in [-0.4, -0.2) is 22.5 Å². The zero-order valence-electron chi connectivity index (χ0n) is 12.1. The number of carbonyl (C=O) groups excluding carboxylic acids is 1. The fourth-order valence-corrected chi connectivity index (χ4v) is 4.65. The third kappa shape index (κ3) is 2.20. The molecule has 1 aliphatic heterocycles. The molecule has 110 valence electrons. The Morgan fingerprint density at radius 2 is 2.29 bits per heavy atom. The molecule has 0 N–H and O–H groups in total. The first-order chi connectivity index (χ1) is 10.2. The van der Waals surface area contributed by atoms with Crippen molar-refractivity contribution in [2.45, 2.75) is 45.1 Å². The number of aryl methyl sites for hydroxylation is 3. The molecule has 1 amide bonds. The third-order valence-corrected chi connectivity index (χ3v) is 5.68. The number of carbonyl (C=O) groups is 1. The Hall–Kier alpha value is -1.62. The van der Waals surface area contributed by atoms with Gasteiger partial charge in [-0.1, -0.05) is 5.16 Å². The maximum Gasteiger partial charge on any atom is 0.264 e. The summed E-state index contributed by atoms with van der Waals surface area (Å²) < 4.78 is 5.18. The smallest absolute Gasteiger partial charge is 0.264 e. The average Bonchev–Trinajstić information content (AvgIpc) is 3.20. The molecule has 0 bridgehead atoms. The summed E-state index contributed by atoms with van der Waals surface area (Å²) in [6, 6.07) is 4.13. The normalized spacial score (nSPS) is 21.0. The molecule has 2 aliphatic rings. The quantitative estimate of drug-likeness (QED) is 0.853. The number of aromatic nitrogens is 1. The van der Waals surface area contributed by atoms with Gasteiger partial charge in [0.25, 0.3) is 5.91 Å². The molecule has 5 heteroatoms. The zero-order valence-corrected chi connectivity index (χ0v) is 12.9. The van der Waals surface area contributed by atoms with Crippen LogP contribution in [0.15, 0.2) is 16.7 Å². The Morgan fingerprint density at radius 1 is 1.38 bits per heavy atom. The van der Waals surface area contributed by atoms with Crippen molar-refractivity contribution in [2.75, 3.05) is 6.54 Å². The Morgan fingerprint density at radius 3 is 3.05 bits per heavy atom. The minimum Gasteiger partial charge on any atom is -0.361 e. The van der Waals surface area contributed by atoms with E-state index in [9.17, 15) is 4.79 Å². The lowest BCUT2D eigenvalue weighted by Gasteiger charge is -2.22. The van der Waals surface area contributed by atoms with Crippen molar-refractivity contribution in [3.63, 3.8) is 0 Å². The van der Waals surface area contributed by atoms with Crippen LogP contribution < -0.4 is 0 Å². The molecule has 3 heterocycles. The van der Waals surface area contributed by atoms with Gasteiger partial charge in [-0.25, -0.2) is 0 Å². The lowest BCUT2D eigenvalue weighted by Crippen LogP contribution is -2.30. The van der Waals surface area contributed by atoms with E-state index in [1.807, 2.05) is 17.9 Å². The summed E-state index contributed by atoms with van der Waals surface area (Å²) >= 11 is 1.68. The van der Waals surface area contributed by atoms with Crippen LogP contribution in [-0.2, 0) is 12.8 Å². The third-order valence-electron chi connectivity index (χ3n) is 4.46. The van der Waals surface area contributed by atoms with Crippen molar-refractivity contribution in [3.8, 4) is 0 Å². The fraction of sp³-hybridized carbons (Fsp3) is 0.500. The minimum atomic E-state index is 0.0758. The fourth-order valence-electron chi connectivity index (χ4n) is 3.44. The highest BCUT2D eigenvalue weighted by atomic mass is 32.1. The molecule has 21 heavy (non-hydrogen) atoms. The second kappa shape index (κ2) is 4.98. The molecule has 1 saturated heterocycles. The van der Waals surface area contributed by atoms with E-state index in [0.717, 1.165) is 48.6 Å². The van der Waals surface area contributed by atoms with Crippen LogP contribution in [0.25, 0.3) is 0 Å². The molecule has 0 radical (unpaired) electrons. The second-order valence-corrected chi connectivity index (χ2v) is 7.07. The highest BCUT2D eigenvalue weighted by Gasteiger charge is 2.33. The molecule has 4 nitrogen and oxygen atoms in total. The molecular weight excluding hydrogens is 284 g/mol. The molecule has 4 rings (SSSR count). The molecule has 1 aliphatic carbocycles. The molecule has 0 spiro atoms. The van der Waals surface area contributed by atoms with Gasteiger partial charge in [-0.05, 0) is 50.7 Å². The van der Waals surface area contributed by atoms with Crippen molar-refractivity contribution in [1.29, 1.82) is 0 Å². The maximum absolute atomic E-state index is 12.8. The van der Waals surface area contributed by atoms with Gasteiger partial charge in [0.2, 0.25) is 0 Å². The molecule has 1 atom stereocenters. The zero-order chi connectivity index (χ0) is 14.4. The van der Waals surface area contributed by atoms with E-state index in [0.29, 0.717) is 0 Å². The monoisotopic (exact) mass is 302 g/mol. The lowest BCUT2D eigenvalue weighted by atomic mass is 10.1. The number of nitrogens with zero attached hydrogens (tertiary/aromatic N) is 2. The topological polar surface area (TPSA) is 46.3 Å². The summed E-state index contributed by atoms with van der Waals surface area (Å²) in [4.78, 5) is 17.1. The largest absolute Gasteiger partial charge is 0.361 e. The number of thiophene rings is 1. The Bertz CT molecular complexity index is 667. The van der Waals surface area contributed by atoms with Crippen molar-refractivity contribution >= 4 is 17.2 Å². The first-order valence-electron chi connectivity index (χ1n) is 7.58. The van der Waals surface area contributed by atoms with Crippen molar-refractivity contribution in [1.82, 2.24) is 10.1 Å². The van der Waals surface area contributed by atoms with Crippen LogP contribution in [0, 0.1) is 6.92 Å². The van der Waals surface area contributed by atoms with Crippen LogP contribution in [0.4, 0.5) is 0 Å².